The van der Waals surface area contributed by atoms with Crippen LogP contribution in [0.15, 0.2) is 36.7 Å². The third kappa shape index (κ3) is 6.14. The summed E-state index contributed by atoms with van der Waals surface area (Å²) in [5.74, 6) is 0.560. The first-order valence-corrected chi connectivity index (χ1v) is 14.0. The summed E-state index contributed by atoms with van der Waals surface area (Å²) in [5, 5.41) is 24.2. The van der Waals surface area contributed by atoms with Crippen LogP contribution in [0.3, 0.4) is 0 Å². The lowest BCUT2D eigenvalue weighted by molar-refractivity contribution is 0.111. The number of anilines is 1. The number of piperazine rings is 1. The molecule has 1 saturated heterocycles. The number of likely N-dealkylation sites (N-methyl/N-ethyl adjacent to an activating group) is 1. The normalized spacial score (nSPS) is 22.4. The van der Waals surface area contributed by atoms with E-state index in [4.69, 9.17) is 4.98 Å². The van der Waals surface area contributed by atoms with Crippen LogP contribution in [0.25, 0.3) is 22.2 Å². The second-order valence-electron chi connectivity index (χ2n) is 10.9. The van der Waals surface area contributed by atoms with Crippen LogP contribution in [-0.4, -0.2) is 86.5 Å². The maximum atomic E-state index is 10.1. The van der Waals surface area contributed by atoms with Gasteiger partial charge in [-0.25, -0.2) is 4.98 Å². The van der Waals surface area contributed by atoms with Crippen LogP contribution in [0.5, 0.6) is 0 Å². The van der Waals surface area contributed by atoms with Gasteiger partial charge in [-0.15, -0.1) is 0 Å². The zero-order valence-corrected chi connectivity index (χ0v) is 22.3. The van der Waals surface area contributed by atoms with Gasteiger partial charge in [0.15, 0.2) is 0 Å². The molecule has 2 aliphatic rings. The van der Waals surface area contributed by atoms with Crippen molar-refractivity contribution in [3.05, 3.63) is 42.2 Å². The molecule has 1 aliphatic heterocycles. The first kappa shape index (κ1) is 26.1. The van der Waals surface area contributed by atoms with E-state index in [1.807, 2.05) is 6.20 Å². The Labute approximate surface area is 220 Å². The summed E-state index contributed by atoms with van der Waals surface area (Å²) >= 11 is 0. The molecule has 5 rings (SSSR count). The van der Waals surface area contributed by atoms with Crippen LogP contribution in [0.2, 0.25) is 0 Å². The number of fused-ring (bicyclic) bond motifs is 1. The number of benzene rings is 1. The molecular weight excluding hydrogens is 464 g/mol. The van der Waals surface area contributed by atoms with E-state index in [1.54, 1.807) is 0 Å². The minimum absolute atomic E-state index is 0.0528. The fourth-order valence-electron chi connectivity index (χ4n) is 5.74. The molecule has 1 aromatic carbocycles. The Morgan fingerprint density at radius 1 is 1.05 bits per heavy atom. The molecule has 3 N–H and O–H groups in total. The van der Waals surface area contributed by atoms with Crippen molar-refractivity contribution in [2.75, 3.05) is 45.2 Å². The van der Waals surface area contributed by atoms with Crippen LogP contribution in [-0.2, 0) is 6.54 Å². The van der Waals surface area contributed by atoms with Crippen LogP contribution in [0, 0.1) is 0 Å². The molecule has 1 aliphatic carbocycles. The first-order valence-electron chi connectivity index (χ1n) is 14.0. The zero-order chi connectivity index (χ0) is 25.8. The van der Waals surface area contributed by atoms with Crippen LogP contribution in [0.1, 0.15) is 57.1 Å². The minimum Gasteiger partial charge on any atom is -0.394 e. The number of aliphatic hydroxyl groups is 2. The molecule has 0 radical (unpaired) electrons. The Hall–Kier alpha value is -2.52. The van der Waals surface area contributed by atoms with E-state index >= 15 is 0 Å². The van der Waals surface area contributed by atoms with Crippen molar-refractivity contribution in [2.45, 2.75) is 70.2 Å². The van der Waals surface area contributed by atoms with E-state index < -0.39 is 0 Å². The monoisotopic (exact) mass is 506 g/mol. The number of nitrogens with one attached hydrogen (secondary N) is 1. The lowest BCUT2D eigenvalue weighted by Crippen LogP contribution is -2.43. The SMILES string of the molecule is CCC[C@H](CO)Nc1ncc2c(-c3ccc(CN4CCN(C)CC4)cc3)cn([C@H]3CC[C@H](O)CC3)c2n1. The molecule has 0 bridgehead atoms. The quantitative estimate of drug-likeness (QED) is 0.406. The summed E-state index contributed by atoms with van der Waals surface area (Å²) in [6.07, 6.45) is 9.33. The summed E-state index contributed by atoms with van der Waals surface area (Å²) in [7, 11) is 2.19. The molecule has 3 aromatic rings. The summed E-state index contributed by atoms with van der Waals surface area (Å²) in [4.78, 5) is 14.5. The van der Waals surface area contributed by atoms with E-state index in [2.05, 4.69) is 69.1 Å². The predicted molar refractivity (Wildman–Crippen MR) is 149 cm³/mol. The van der Waals surface area contributed by atoms with Crippen molar-refractivity contribution >= 4 is 17.0 Å². The molecule has 0 spiro atoms. The highest BCUT2D eigenvalue weighted by Crippen LogP contribution is 2.37. The van der Waals surface area contributed by atoms with Crippen LogP contribution < -0.4 is 5.32 Å². The summed E-state index contributed by atoms with van der Waals surface area (Å²) in [6.45, 7) is 7.65. The fourth-order valence-corrected chi connectivity index (χ4v) is 5.74. The first-order chi connectivity index (χ1) is 18.0. The van der Waals surface area contributed by atoms with Gasteiger partial charge >= 0.3 is 0 Å². The molecule has 2 aromatic heterocycles. The van der Waals surface area contributed by atoms with Gasteiger partial charge in [0.1, 0.15) is 5.65 Å². The Morgan fingerprint density at radius 2 is 1.78 bits per heavy atom. The maximum absolute atomic E-state index is 10.1. The summed E-state index contributed by atoms with van der Waals surface area (Å²) in [5.41, 5.74) is 4.58. The topological polar surface area (TPSA) is 89.7 Å². The smallest absolute Gasteiger partial charge is 0.224 e. The second kappa shape index (κ2) is 11.9. The van der Waals surface area contributed by atoms with E-state index in [0.717, 1.165) is 87.8 Å². The van der Waals surface area contributed by atoms with Crippen molar-refractivity contribution in [2.24, 2.45) is 0 Å². The average Bonchev–Trinajstić information content (AvgIpc) is 3.29. The molecule has 3 heterocycles. The van der Waals surface area contributed by atoms with Gasteiger partial charge < -0.3 is 25.0 Å². The second-order valence-corrected chi connectivity index (χ2v) is 10.9. The molecule has 1 saturated carbocycles. The number of hydrogen-bond donors (Lipinski definition) is 3. The molecule has 0 unspecified atom stereocenters. The van der Waals surface area contributed by atoms with Crippen molar-refractivity contribution in [1.29, 1.82) is 0 Å². The standard InChI is InChI=1S/C29H42N6O2/c1-3-4-23(20-36)31-29-30-17-26-27(19-35(28(26)32-29)24-9-11-25(37)12-10-24)22-7-5-21(6-8-22)18-34-15-13-33(2)14-16-34/h5-8,17,19,23-25,36-37H,3-4,9-16,18,20H2,1-2H3,(H,30,31,32)/t23-,24-,25-/m1/s1. The van der Waals surface area contributed by atoms with Gasteiger partial charge in [0.05, 0.1) is 18.8 Å². The molecule has 0 amide bonds. The van der Waals surface area contributed by atoms with Crippen molar-refractivity contribution in [1.82, 2.24) is 24.3 Å². The Kier molecular flexibility index (Phi) is 8.39. The van der Waals surface area contributed by atoms with E-state index in [-0.39, 0.29) is 18.8 Å². The van der Waals surface area contributed by atoms with Crippen molar-refractivity contribution < 1.29 is 10.2 Å². The van der Waals surface area contributed by atoms with Gasteiger partial charge in [-0.05, 0) is 50.3 Å². The largest absolute Gasteiger partial charge is 0.394 e. The summed E-state index contributed by atoms with van der Waals surface area (Å²) < 4.78 is 2.30. The van der Waals surface area contributed by atoms with Gasteiger partial charge in [0.25, 0.3) is 0 Å². The Morgan fingerprint density at radius 3 is 2.46 bits per heavy atom. The number of hydrogen-bond acceptors (Lipinski definition) is 7. The highest BCUT2D eigenvalue weighted by Gasteiger charge is 2.24. The zero-order valence-electron chi connectivity index (χ0n) is 22.3. The van der Waals surface area contributed by atoms with Gasteiger partial charge in [-0.3, -0.25) is 4.90 Å². The van der Waals surface area contributed by atoms with E-state index in [9.17, 15) is 10.2 Å². The van der Waals surface area contributed by atoms with E-state index in [1.165, 1.54) is 11.1 Å². The summed E-state index contributed by atoms with van der Waals surface area (Å²) in [6, 6.07) is 9.21. The number of aliphatic hydroxyl groups excluding tert-OH is 2. The van der Waals surface area contributed by atoms with Gasteiger partial charge in [-0.1, -0.05) is 37.6 Å². The number of aromatic nitrogens is 3. The Bertz CT molecular complexity index is 1150. The van der Waals surface area contributed by atoms with Gasteiger partial charge in [0.2, 0.25) is 5.95 Å². The molecular formula is C29H42N6O2. The lowest BCUT2D eigenvalue weighted by Gasteiger charge is -2.32. The molecule has 1 atom stereocenters. The molecule has 200 valence electrons. The third-order valence-electron chi connectivity index (χ3n) is 8.09. The molecule has 2 fully saturated rings. The van der Waals surface area contributed by atoms with Crippen molar-refractivity contribution in [3.8, 4) is 11.1 Å². The van der Waals surface area contributed by atoms with Crippen molar-refractivity contribution in [3.63, 3.8) is 0 Å². The number of nitrogens with zero attached hydrogens (tertiary/aromatic N) is 5. The van der Waals surface area contributed by atoms with E-state index in [0.29, 0.717) is 12.0 Å². The minimum atomic E-state index is -0.198. The highest BCUT2D eigenvalue weighted by molar-refractivity contribution is 5.94. The van der Waals surface area contributed by atoms with Crippen LogP contribution >= 0.6 is 0 Å². The fraction of sp³-hybridized carbons (Fsp3) is 0.586. The Balaban J connectivity index is 1.43. The third-order valence-corrected chi connectivity index (χ3v) is 8.09. The molecule has 37 heavy (non-hydrogen) atoms. The lowest BCUT2D eigenvalue weighted by atomic mass is 9.93. The molecule has 8 heteroatoms. The highest BCUT2D eigenvalue weighted by atomic mass is 16.3. The molecule has 8 nitrogen and oxygen atoms in total. The van der Waals surface area contributed by atoms with Crippen LogP contribution in [0.4, 0.5) is 5.95 Å². The predicted octanol–water partition coefficient (Wildman–Crippen LogP) is 3.89. The maximum Gasteiger partial charge on any atom is 0.224 e. The van der Waals surface area contributed by atoms with Gasteiger partial charge in [0, 0.05) is 62.1 Å². The number of rotatable bonds is 9. The average molecular weight is 507 g/mol. The van der Waals surface area contributed by atoms with Gasteiger partial charge in [-0.2, -0.15) is 4.98 Å².